The molecule has 0 spiro atoms. The van der Waals surface area contributed by atoms with Gasteiger partial charge in [-0.25, -0.2) is 5.84 Å². The number of nitrogens with two attached hydrogens (primary N) is 1. The SMILES string of the molecule is CCC(C)N(CCOC)CCC(=O)NN. The number of hydrogen-bond acceptors (Lipinski definition) is 4. The molecule has 0 aliphatic rings. The number of carbonyl (C=O) groups is 1. The largest absolute Gasteiger partial charge is 0.383 e. The monoisotopic (exact) mass is 217 g/mol. The fraction of sp³-hybridized carbons (Fsp3) is 0.900. The third-order valence-corrected chi connectivity index (χ3v) is 2.58. The molecule has 0 aliphatic heterocycles. The van der Waals surface area contributed by atoms with Crippen LogP contribution in [0.25, 0.3) is 0 Å². The molecule has 0 aromatic heterocycles. The Bertz CT molecular complexity index is 176. The minimum Gasteiger partial charge on any atom is -0.383 e. The average Bonchev–Trinajstić information content (AvgIpc) is 2.27. The molecule has 0 saturated carbocycles. The van der Waals surface area contributed by atoms with Crippen LogP contribution in [-0.2, 0) is 9.53 Å². The zero-order valence-electron chi connectivity index (χ0n) is 9.95. The van der Waals surface area contributed by atoms with E-state index in [1.54, 1.807) is 7.11 Å². The molecule has 0 aromatic rings. The van der Waals surface area contributed by atoms with Crippen LogP contribution in [0.1, 0.15) is 26.7 Å². The molecule has 1 atom stereocenters. The highest BCUT2D eigenvalue weighted by Gasteiger charge is 2.12. The summed E-state index contributed by atoms with van der Waals surface area (Å²) < 4.78 is 5.03. The van der Waals surface area contributed by atoms with Crippen LogP contribution in [0, 0.1) is 0 Å². The lowest BCUT2D eigenvalue weighted by Gasteiger charge is -2.27. The van der Waals surface area contributed by atoms with Gasteiger partial charge in [-0.2, -0.15) is 0 Å². The molecular weight excluding hydrogens is 194 g/mol. The fourth-order valence-electron chi connectivity index (χ4n) is 1.34. The third-order valence-electron chi connectivity index (χ3n) is 2.58. The summed E-state index contributed by atoms with van der Waals surface area (Å²) in [6.07, 6.45) is 1.50. The molecule has 0 aliphatic carbocycles. The second-order valence-electron chi connectivity index (χ2n) is 3.60. The molecule has 0 aromatic carbocycles. The van der Waals surface area contributed by atoms with E-state index >= 15 is 0 Å². The van der Waals surface area contributed by atoms with Crippen molar-refractivity contribution in [2.24, 2.45) is 5.84 Å². The van der Waals surface area contributed by atoms with Crippen LogP contribution < -0.4 is 11.3 Å². The number of carbonyl (C=O) groups excluding carboxylic acids is 1. The maximum absolute atomic E-state index is 11.0. The van der Waals surface area contributed by atoms with Crippen molar-refractivity contribution in [2.45, 2.75) is 32.7 Å². The number of amides is 1. The Kier molecular flexibility index (Phi) is 8.27. The van der Waals surface area contributed by atoms with E-state index in [9.17, 15) is 4.79 Å². The van der Waals surface area contributed by atoms with Gasteiger partial charge in [0, 0.05) is 32.7 Å². The average molecular weight is 217 g/mol. The molecule has 0 radical (unpaired) electrons. The maximum Gasteiger partial charge on any atom is 0.235 e. The molecule has 0 rings (SSSR count). The molecule has 0 heterocycles. The molecule has 0 bridgehead atoms. The lowest BCUT2D eigenvalue weighted by atomic mass is 10.2. The number of hydrazine groups is 1. The van der Waals surface area contributed by atoms with Gasteiger partial charge < -0.3 is 4.74 Å². The second kappa shape index (κ2) is 8.64. The van der Waals surface area contributed by atoms with E-state index < -0.39 is 0 Å². The van der Waals surface area contributed by atoms with Crippen LogP contribution in [0.5, 0.6) is 0 Å². The zero-order valence-corrected chi connectivity index (χ0v) is 9.95. The zero-order chi connectivity index (χ0) is 11.7. The summed E-state index contributed by atoms with van der Waals surface area (Å²) >= 11 is 0. The van der Waals surface area contributed by atoms with Gasteiger partial charge in [0.25, 0.3) is 0 Å². The summed E-state index contributed by atoms with van der Waals surface area (Å²) in [6.45, 7) is 6.54. The van der Waals surface area contributed by atoms with Gasteiger partial charge in [-0.15, -0.1) is 0 Å². The Morgan fingerprint density at radius 3 is 2.67 bits per heavy atom. The number of nitrogens with zero attached hydrogens (tertiary/aromatic N) is 1. The number of nitrogens with one attached hydrogen (secondary N) is 1. The standard InChI is InChI=1S/C10H23N3O2/c1-4-9(2)13(7-8-15-3)6-5-10(14)12-11/h9H,4-8,11H2,1-3H3,(H,12,14). The van der Waals surface area contributed by atoms with Crippen molar-refractivity contribution in [1.82, 2.24) is 10.3 Å². The molecule has 0 fully saturated rings. The minimum absolute atomic E-state index is 0.124. The van der Waals surface area contributed by atoms with Crippen molar-refractivity contribution in [2.75, 3.05) is 26.8 Å². The summed E-state index contributed by atoms with van der Waals surface area (Å²) in [4.78, 5) is 13.2. The van der Waals surface area contributed by atoms with Gasteiger partial charge in [-0.3, -0.25) is 15.1 Å². The molecule has 5 nitrogen and oxygen atoms in total. The quantitative estimate of drug-likeness (QED) is 0.344. The van der Waals surface area contributed by atoms with Crippen molar-refractivity contribution < 1.29 is 9.53 Å². The number of hydrogen-bond donors (Lipinski definition) is 2. The number of rotatable bonds is 8. The van der Waals surface area contributed by atoms with Crippen molar-refractivity contribution in [3.63, 3.8) is 0 Å². The van der Waals surface area contributed by atoms with Gasteiger partial charge in [0.2, 0.25) is 5.91 Å². The lowest BCUT2D eigenvalue weighted by Crippen LogP contribution is -2.39. The predicted octanol–water partition coefficient (Wildman–Crippen LogP) is 0.113. The molecular formula is C10H23N3O2. The topological polar surface area (TPSA) is 67.6 Å². The maximum atomic E-state index is 11.0. The molecule has 15 heavy (non-hydrogen) atoms. The van der Waals surface area contributed by atoms with Crippen molar-refractivity contribution in [3.8, 4) is 0 Å². The number of methoxy groups -OCH3 is 1. The fourth-order valence-corrected chi connectivity index (χ4v) is 1.34. The normalized spacial score (nSPS) is 12.9. The molecule has 1 unspecified atom stereocenters. The first-order chi connectivity index (χ1) is 7.15. The van der Waals surface area contributed by atoms with E-state index in [1.165, 1.54) is 0 Å². The van der Waals surface area contributed by atoms with Crippen LogP contribution in [0.2, 0.25) is 0 Å². The Hall–Kier alpha value is -0.650. The summed E-state index contributed by atoms with van der Waals surface area (Å²) in [5, 5.41) is 0. The lowest BCUT2D eigenvalue weighted by molar-refractivity contribution is -0.121. The Morgan fingerprint density at radius 1 is 1.53 bits per heavy atom. The number of ether oxygens (including phenoxy) is 1. The highest BCUT2D eigenvalue weighted by Crippen LogP contribution is 2.04. The van der Waals surface area contributed by atoms with Gasteiger partial charge in [-0.1, -0.05) is 6.92 Å². The molecule has 5 heteroatoms. The van der Waals surface area contributed by atoms with E-state index in [1.807, 2.05) is 0 Å². The summed E-state index contributed by atoms with van der Waals surface area (Å²) in [5.74, 6) is 4.90. The van der Waals surface area contributed by atoms with Crippen LogP contribution in [0.3, 0.4) is 0 Å². The molecule has 0 saturated heterocycles. The smallest absolute Gasteiger partial charge is 0.235 e. The van der Waals surface area contributed by atoms with Gasteiger partial charge in [-0.05, 0) is 13.3 Å². The highest BCUT2D eigenvalue weighted by atomic mass is 16.5. The summed E-state index contributed by atoms with van der Waals surface area (Å²) in [7, 11) is 1.68. The van der Waals surface area contributed by atoms with Crippen LogP contribution in [-0.4, -0.2) is 43.7 Å². The Labute approximate surface area is 91.9 Å². The predicted molar refractivity (Wildman–Crippen MR) is 60.1 cm³/mol. The minimum atomic E-state index is -0.124. The van der Waals surface area contributed by atoms with Gasteiger partial charge in [0.15, 0.2) is 0 Å². The third kappa shape index (κ3) is 6.43. The van der Waals surface area contributed by atoms with Crippen molar-refractivity contribution in [1.29, 1.82) is 0 Å². The van der Waals surface area contributed by atoms with Crippen molar-refractivity contribution in [3.05, 3.63) is 0 Å². The van der Waals surface area contributed by atoms with Crippen molar-refractivity contribution >= 4 is 5.91 Å². The summed E-state index contributed by atoms with van der Waals surface area (Å²) in [6, 6.07) is 0.464. The first-order valence-corrected chi connectivity index (χ1v) is 5.38. The van der Waals surface area contributed by atoms with Crippen LogP contribution in [0.15, 0.2) is 0 Å². The van der Waals surface area contributed by atoms with Crippen LogP contribution >= 0.6 is 0 Å². The first-order valence-electron chi connectivity index (χ1n) is 5.38. The summed E-state index contributed by atoms with van der Waals surface area (Å²) in [5.41, 5.74) is 2.14. The van der Waals surface area contributed by atoms with Gasteiger partial charge in [0.05, 0.1) is 6.61 Å². The molecule has 3 N–H and O–H groups in total. The van der Waals surface area contributed by atoms with E-state index in [0.29, 0.717) is 19.1 Å². The molecule has 1 amide bonds. The first kappa shape index (κ1) is 14.3. The van der Waals surface area contributed by atoms with E-state index in [-0.39, 0.29) is 5.91 Å². The van der Waals surface area contributed by atoms with Crippen LogP contribution in [0.4, 0.5) is 0 Å². The van der Waals surface area contributed by atoms with E-state index in [2.05, 4.69) is 24.2 Å². The van der Waals surface area contributed by atoms with E-state index in [0.717, 1.165) is 19.5 Å². The Balaban J connectivity index is 3.94. The Morgan fingerprint density at radius 2 is 2.20 bits per heavy atom. The van der Waals surface area contributed by atoms with Gasteiger partial charge >= 0.3 is 0 Å². The van der Waals surface area contributed by atoms with Gasteiger partial charge in [0.1, 0.15) is 0 Å². The second-order valence-corrected chi connectivity index (χ2v) is 3.60. The van der Waals surface area contributed by atoms with E-state index in [4.69, 9.17) is 10.6 Å². The molecule has 90 valence electrons. The highest BCUT2D eigenvalue weighted by molar-refractivity contribution is 5.75.